The van der Waals surface area contributed by atoms with Gasteiger partial charge in [-0.2, -0.15) is 0 Å². The van der Waals surface area contributed by atoms with E-state index in [-0.39, 0.29) is 12.2 Å². The number of aliphatic hydroxyl groups is 2. The largest absolute Gasteiger partial charge is 0.459 e. The van der Waals surface area contributed by atoms with Crippen LogP contribution in [-0.4, -0.2) is 39.4 Å². The second-order valence-electron chi connectivity index (χ2n) is 7.00. The van der Waals surface area contributed by atoms with Crippen LogP contribution in [0.3, 0.4) is 0 Å². The van der Waals surface area contributed by atoms with Crippen molar-refractivity contribution in [1.29, 1.82) is 0 Å². The van der Waals surface area contributed by atoms with Gasteiger partial charge in [0.2, 0.25) is 0 Å². The molecule has 0 saturated heterocycles. The molecule has 0 aliphatic carbocycles. The summed E-state index contributed by atoms with van der Waals surface area (Å²) in [5.74, 6) is 5.73. The van der Waals surface area contributed by atoms with Crippen molar-refractivity contribution in [3.63, 3.8) is 0 Å². The van der Waals surface area contributed by atoms with Crippen LogP contribution < -0.4 is 10.8 Å². The number of hydroxylamine groups is 1. The maximum absolute atomic E-state index is 12.3. The Labute approximate surface area is 184 Å². The van der Waals surface area contributed by atoms with Crippen LogP contribution in [0, 0.1) is 11.8 Å². The highest BCUT2D eigenvalue weighted by Gasteiger charge is 2.25. The van der Waals surface area contributed by atoms with Crippen molar-refractivity contribution in [2.75, 3.05) is 0 Å². The van der Waals surface area contributed by atoms with E-state index < -0.39 is 24.0 Å². The van der Waals surface area contributed by atoms with E-state index in [1.54, 1.807) is 36.4 Å². The number of nitrogens with one attached hydrogen (secondary N) is 2. The first kappa shape index (κ1) is 22.8. The summed E-state index contributed by atoms with van der Waals surface area (Å²) < 4.78 is 5.51. The van der Waals surface area contributed by atoms with Crippen LogP contribution in [0.2, 0.25) is 0 Å². The maximum atomic E-state index is 12.3. The summed E-state index contributed by atoms with van der Waals surface area (Å²) >= 11 is 0. The Hall–Kier alpha value is -3.90. The lowest BCUT2D eigenvalue weighted by atomic mass is 10.1. The summed E-state index contributed by atoms with van der Waals surface area (Å²) in [6.07, 6.45) is -1.19. The number of amides is 2. The molecule has 3 rings (SSSR count). The molecule has 0 aliphatic rings. The van der Waals surface area contributed by atoms with Crippen LogP contribution in [0.15, 0.2) is 65.1 Å². The lowest BCUT2D eigenvalue weighted by Gasteiger charge is -2.19. The molecular weight excluding hydrogens is 412 g/mol. The molecule has 0 saturated carbocycles. The molecule has 0 radical (unpaired) electrons. The molecule has 0 aliphatic heterocycles. The van der Waals surface area contributed by atoms with E-state index in [4.69, 9.17) is 14.7 Å². The third kappa shape index (κ3) is 5.62. The topological polar surface area (TPSA) is 132 Å². The van der Waals surface area contributed by atoms with Gasteiger partial charge in [-0.15, -0.1) is 0 Å². The molecule has 2 atom stereocenters. The first-order valence-electron chi connectivity index (χ1n) is 9.76. The zero-order valence-electron chi connectivity index (χ0n) is 17.2. The monoisotopic (exact) mass is 434 g/mol. The minimum atomic E-state index is -1.29. The molecule has 2 amide bonds. The number of carbonyl (C=O) groups excluding carboxylic acids is 2. The molecule has 8 heteroatoms. The molecule has 0 bridgehead atoms. The van der Waals surface area contributed by atoms with E-state index in [2.05, 4.69) is 17.2 Å². The first-order valence-corrected chi connectivity index (χ1v) is 9.76. The van der Waals surface area contributed by atoms with Crippen LogP contribution in [0.5, 0.6) is 0 Å². The van der Waals surface area contributed by atoms with Gasteiger partial charge in [-0.05, 0) is 55.5 Å². The molecule has 0 fully saturated rings. The Morgan fingerprint density at radius 2 is 1.56 bits per heavy atom. The Morgan fingerprint density at radius 1 is 0.969 bits per heavy atom. The van der Waals surface area contributed by atoms with Crippen molar-refractivity contribution < 1.29 is 29.4 Å². The number of carbonyl (C=O) groups is 2. The summed E-state index contributed by atoms with van der Waals surface area (Å²) in [7, 11) is 0. The molecule has 5 N–H and O–H groups in total. The van der Waals surface area contributed by atoms with Gasteiger partial charge in [0.25, 0.3) is 11.8 Å². The molecule has 164 valence electrons. The number of hydrogen-bond acceptors (Lipinski definition) is 6. The van der Waals surface area contributed by atoms with E-state index in [1.165, 1.54) is 12.4 Å². The van der Waals surface area contributed by atoms with Crippen molar-refractivity contribution in [3.05, 3.63) is 83.1 Å². The van der Waals surface area contributed by atoms with Gasteiger partial charge < -0.3 is 19.9 Å². The molecule has 0 unspecified atom stereocenters. The molecular formula is C24H22N2O6. The minimum Gasteiger partial charge on any atom is -0.459 e. The van der Waals surface area contributed by atoms with Gasteiger partial charge in [-0.1, -0.05) is 24.0 Å². The zero-order valence-corrected chi connectivity index (χ0v) is 17.2. The fourth-order valence-corrected chi connectivity index (χ4v) is 2.88. The van der Waals surface area contributed by atoms with Gasteiger partial charge in [0.15, 0.2) is 0 Å². The summed E-state index contributed by atoms with van der Waals surface area (Å²) in [6, 6.07) is 16.1. The summed E-state index contributed by atoms with van der Waals surface area (Å²) in [5, 5.41) is 29.8. The van der Waals surface area contributed by atoms with E-state index in [0.29, 0.717) is 17.1 Å². The smallest absolute Gasteiger partial charge is 0.268 e. The van der Waals surface area contributed by atoms with Crippen LogP contribution in [-0.2, 0) is 11.4 Å². The van der Waals surface area contributed by atoms with Crippen molar-refractivity contribution >= 4 is 11.8 Å². The number of furan rings is 1. The van der Waals surface area contributed by atoms with Crippen molar-refractivity contribution in [2.45, 2.75) is 25.7 Å². The zero-order chi connectivity index (χ0) is 23.1. The highest BCUT2D eigenvalue weighted by atomic mass is 16.5. The lowest BCUT2D eigenvalue weighted by Crippen LogP contribution is -2.51. The van der Waals surface area contributed by atoms with Crippen molar-refractivity contribution in [1.82, 2.24) is 10.8 Å². The number of rotatable bonds is 6. The first-order chi connectivity index (χ1) is 15.4. The van der Waals surface area contributed by atoms with Crippen LogP contribution in [0.25, 0.3) is 11.3 Å². The summed E-state index contributed by atoms with van der Waals surface area (Å²) in [6.45, 7) is 1.18. The number of hydrogen-bond donors (Lipinski definition) is 5. The van der Waals surface area contributed by atoms with Crippen LogP contribution >= 0.6 is 0 Å². The molecule has 2 aromatic carbocycles. The summed E-state index contributed by atoms with van der Waals surface area (Å²) in [4.78, 5) is 23.8. The van der Waals surface area contributed by atoms with E-state index >= 15 is 0 Å². The Morgan fingerprint density at radius 3 is 2.06 bits per heavy atom. The summed E-state index contributed by atoms with van der Waals surface area (Å²) in [5.41, 5.74) is 4.04. The molecule has 3 aromatic rings. The van der Waals surface area contributed by atoms with Gasteiger partial charge in [0.05, 0.1) is 6.10 Å². The van der Waals surface area contributed by atoms with Gasteiger partial charge in [0.1, 0.15) is 24.2 Å². The van der Waals surface area contributed by atoms with E-state index in [1.807, 2.05) is 24.3 Å². The minimum absolute atomic E-state index is 0.150. The van der Waals surface area contributed by atoms with E-state index in [0.717, 1.165) is 11.1 Å². The van der Waals surface area contributed by atoms with Gasteiger partial charge in [-0.25, -0.2) is 5.48 Å². The molecule has 1 aromatic heterocycles. The quantitative estimate of drug-likeness (QED) is 0.228. The predicted molar refractivity (Wildman–Crippen MR) is 115 cm³/mol. The van der Waals surface area contributed by atoms with Crippen molar-refractivity contribution in [3.8, 4) is 23.2 Å². The number of aliphatic hydroxyl groups excluding tert-OH is 2. The molecule has 1 heterocycles. The second-order valence-corrected chi connectivity index (χ2v) is 7.00. The standard InChI is InChI=1S/C24H22N2O6/c1-15(28)22(24(30)26-31)25-23(29)19-10-6-17(7-11-19)3-2-16-4-8-18(9-5-16)21-13-12-20(14-27)32-21/h4-13,15,22,27-28,31H,14H2,1H3,(H,25,29)(H,26,30)/t15-,22+/m1/s1. The SMILES string of the molecule is C[C@@H](O)[C@H](NC(=O)c1ccc(C#Cc2ccc(-c3ccc(CO)o3)cc2)cc1)C(=O)NO. The normalized spacial score (nSPS) is 12.2. The second kappa shape index (κ2) is 10.4. The fraction of sp³-hybridized carbons (Fsp3) is 0.167. The number of benzene rings is 2. The Bertz CT molecular complexity index is 1140. The van der Waals surface area contributed by atoms with Crippen LogP contribution in [0.4, 0.5) is 0 Å². The van der Waals surface area contributed by atoms with Gasteiger partial charge in [0, 0.05) is 22.3 Å². The van der Waals surface area contributed by atoms with Gasteiger partial charge in [-0.3, -0.25) is 14.8 Å². The highest BCUT2D eigenvalue weighted by Crippen LogP contribution is 2.22. The average molecular weight is 434 g/mol. The predicted octanol–water partition coefficient (Wildman–Crippen LogP) is 1.82. The fourth-order valence-electron chi connectivity index (χ4n) is 2.88. The lowest BCUT2D eigenvalue weighted by molar-refractivity contribution is -0.133. The molecule has 8 nitrogen and oxygen atoms in total. The van der Waals surface area contributed by atoms with Gasteiger partial charge >= 0.3 is 0 Å². The maximum Gasteiger partial charge on any atom is 0.268 e. The van der Waals surface area contributed by atoms with Crippen LogP contribution in [0.1, 0.15) is 34.2 Å². The third-order valence-corrected chi connectivity index (χ3v) is 4.65. The average Bonchev–Trinajstić information content (AvgIpc) is 3.30. The Balaban J connectivity index is 1.66. The molecule has 0 spiro atoms. The Kier molecular flexibility index (Phi) is 7.41. The van der Waals surface area contributed by atoms with Crippen molar-refractivity contribution in [2.24, 2.45) is 0 Å². The molecule has 32 heavy (non-hydrogen) atoms. The van der Waals surface area contributed by atoms with E-state index in [9.17, 15) is 14.7 Å². The highest BCUT2D eigenvalue weighted by molar-refractivity contribution is 5.97. The third-order valence-electron chi connectivity index (χ3n) is 4.65.